The van der Waals surface area contributed by atoms with Crippen molar-refractivity contribution in [2.24, 2.45) is 28.9 Å². The van der Waals surface area contributed by atoms with Crippen molar-refractivity contribution >= 4 is 28.8 Å². The first-order valence-electron chi connectivity index (χ1n) is 12.2. The van der Waals surface area contributed by atoms with Gasteiger partial charge in [-0.25, -0.2) is 0 Å². The molecule has 3 N–H and O–H groups in total. The summed E-state index contributed by atoms with van der Waals surface area (Å²) in [6.07, 6.45) is 13.6. The summed E-state index contributed by atoms with van der Waals surface area (Å²) in [7, 11) is 0. The number of hydrogen-bond donors (Lipinski definition) is 2. The van der Waals surface area contributed by atoms with E-state index in [2.05, 4.69) is 35.6 Å². The quantitative estimate of drug-likeness (QED) is 0.420. The van der Waals surface area contributed by atoms with Gasteiger partial charge in [0.05, 0.1) is 4.99 Å². The van der Waals surface area contributed by atoms with E-state index in [0.29, 0.717) is 17.5 Å². The molecule has 4 bridgehead atoms. The number of benzene rings is 1. The fourth-order valence-electron chi connectivity index (χ4n) is 8.03. The highest BCUT2D eigenvalue weighted by molar-refractivity contribution is 7.80. The van der Waals surface area contributed by atoms with Crippen LogP contribution in [-0.2, 0) is 5.41 Å². The maximum Gasteiger partial charge on any atom is 0.0818 e. The van der Waals surface area contributed by atoms with E-state index in [4.69, 9.17) is 29.6 Å². The van der Waals surface area contributed by atoms with Gasteiger partial charge >= 0.3 is 0 Å². The number of nitrogens with one attached hydrogen (secondary N) is 1. The number of thiocarbonyl (C=S) groups is 1. The van der Waals surface area contributed by atoms with E-state index in [-0.39, 0.29) is 5.41 Å². The fraction of sp³-hybridized carbons (Fsp3) is 0.731. The van der Waals surface area contributed by atoms with E-state index in [1.165, 1.54) is 56.4 Å². The van der Waals surface area contributed by atoms with Crippen LogP contribution in [0.15, 0.2) is 30.3 Å². The normalized spacial score (nSPS) is 42.3. The molecule has 0 aromatic heterocycles. The lowest BCUT2D eigenvalue weighted by Crippen LogP contribution is -2.62. The summed E-state index contributed by atoms with van der Waals surface area (Å²) in [5.74, 6) is 3.25. The number of nitrogens with two attached hydrogens (primary N) is 1. The zero-order chi connectivity index (χ0) is 20.8. The van der Waals surface area contributed by atoms with Gasteiger partial charge in [-0.3, -0.25) is 0 Å². The molecule has 1 aromatic rings. The van der Waals surface area contributed by atoms with Crippen LogP contribution in [0, 0.1) is 23.2 Å². The van der Waals surface area contributed by atoms with Crippen LogP contribution in [0.5, 0.6) is 0 Å². The minimum Gasteiger partial charge on any atom is -0.376 e. The molecule has 0 amide bonds. The van der Waals surface area contributed by atoms with Gasteiger partial charge in [0.25, 0.3) is 0 Å². The highest BCUT2D eigenvalue weighted by Crippen LogP contribution is 2.68. The summed E-state index contributed by atoms with van der Waals surface area (Å²) in [4.78, 5) is 1.19. The molecule has 30 heavy (non-hydrogen) atoms. The van der Waals surface area contributed by atoms with Crippen molar-refractivity contribution in [1.29, 1.82) is 0 Å². The van der Waals surface area contributed by atoms with E-state index < -0.39 is 0 Å². The van der Waals surface area contributed by atoms with Crippen LogP contribution in [0.4, 0.5) is 0 Å². The van der Waals surface area contributed by atoms with Gasteiger partial charge in [-0.15, -0.1) is 11.6 Å². The molecule has 164 valence electrons. The molecule has 5 aliphatic carbocycles. The van der Waals surface area contributed by atoms with Crippen LogP contribution in [0.3, 0.4) is 0 Å². The Morgan fingerprint density at radius 3 is 2.33 bits per heavy atom. The molecule has 5 aliphatic rings. The largest absolute Gasteiger partial charge is 0.376 e. The molecule has 5 saturated carbocycles. The van der Waals surface area contributed by atoms with Crippen LogP contribution < -0.4 is 11.1 Å². The third-order valence-corrected chi connectivity index (χ3v) is 9.96. The molecule has 0 aliphatic heterocycles. The Morgan fingerprint density at radius 1 is 1.03 bits per heavy atom. The Bertz CT molecular complexity index is 742. The monoisotopic (exact) mass is 444 g/mol. The Hall–Kier alpha value is -0.640. The molecule has 2 unspecified atom stereocenters. The van der Waals surface area contributed by atoms with Gasteiger partial charge in [-0.1, -0.05) is 42.5 Å². The van der Waals surface area contributed by atoms with Crippen molar-refractivity contribution in [3.05, 3.63) is 35.9 Å². The van der Waals surface area contributed by atoms with Gasteiger partial charge < -0.3 is 11.1 Å². The highest BCUT2D eigenvalue weighted by Gasteiger charge is 2.62. The second-order valence-electron chi connectivity index (χ2n) is 11.0. The summed E-state index contributed by atoms with van der Waals surface area (Å²) >= 11 is 12.3. The molecular formula is C26H37ClN2S. The lowest BCUT2D eigenvalue weighted by Gasteiger charge is -2.65. The number of rotatable bonds is 6. The van der Waals surface area contributed by atoms with Crippen molar-refractivity contribution in [3.63, 3.8) is 0 Å². The van der Waals surface area contributed by atoms with Crippen LogP contribution in [0.25, 0.3) is 0 Å². The Labute approximate surface area is 192 Å². The summed E-state index contributed by atoms with van der Waals surface area (Å²) in [5.41, 5.74) is 8.23. The number of alkyl halides is 1. The lowest BCUT2D eigenvalue weighted by molar-refractivity contribution is -0.0839. The first-order valence-corrected chi connectivity index (χ1v) is 13.2. The van der Waals surface area contributed by atoms with E-state index in [0.717, 1.165) is 42.9 Å². The van der Waals surface area contributed by atoms with Crippen LogP contribution in [0.1, 0.15) is 76.2 Å². The van der Waals surface area contributed by atoms with E-state index in [1.807, 2.05) is 0 Å². The lowest BCUT2D eigenvalue weighted by atomic mass is 9.40. The number of hydrogen-bond acceptors (Lipinski definition) is 2. The summed E-state index contributed by atoms with van der Waals surface area (Å²) in [6.45, 7) is 0. The maximum absolute atomic E-state index is 6.22. The molecule has 6 rings (SSSR count). The molecule has 2 nitrogen and oxygen atoms in total. The zero-order valence-corrected chi connectivity index (χ0v) is 19.7. The molecule has 0 spiro atoms. The van der Waals surface area contributed by atoms with Gasteiger partial charge in [0.1, 0.15) is 0 Å². The van der Waals surface area contributed by atoms with E-state index in [1.54, 1.807) is 5.56 Å². The van der Waals surface area contributed by atoms with Gasteiger partial charge in [-0.05, 0) is 99.4 Å². The molecule has 5 fully saturated rings. The van der Waals surface area contributed by atoms with E-state index in [9.17, 15) is 0 Å². The second kappa shape index (κ2) is 8.37. The molecule has 2 atom stereocenters. The molecule has 0 heterocycles. The van der Waals surface area contributed by atoms with Crippen molar-refractivity contribution in [3.8, 4) is 0 Å². The topological polar surface area (TPSA) is 38.0 Å². The molecule has 0 radical (unpaired) electrons. The second-order valence-corrected chi connectivity index (χ2v) is 11.8. The molecule has 1 aromatic carbocycles. The standard InChI is InChI=1S/C26H37ClN2S/c27-12-4-7-23-18-13-25(20-5-2-1-3-6-20)14-19(23)16-26(15-18,17-25)24(30)29-22-10-8-21(28)9-11-22/h1-3,5-6,18-19,21-23H,4,7-17,28H2,(H,29,30). The van der Waals surface area contributed by atoms with Crippen molar-refractivity contribution in [1.82, 2.24) is 5.32 Å². The van der Waals surface area contributed by atoms with Crippen molar-refractivity contribution in [2.75, 3.05) is 5.88 Å². The Morgan fingerprint density at radius 2 is 1.70 bits per heavy atom. The minimum atomic E-state index is 0.202. The predicted octanol–water partition coefficient (Wildman–Crippen LogP) is 5.96. The predicted molar refractivity (Wildman–Crippen MR) is 130 cm³/mol. The molecule has 0 saturated heterocycles. The third-order valence-electron chi connectivity index (χ3n) is 9.15. The molecular weight excluding hydrogens is 408 g/mol. The average molecular weight is 445 g/mol. The first-order chi connectivity index (χ1) is 14.5. The van der Waals surface area contributed by atoms with Crippen molar-refractivity contribution < 1.29 is 0 Å². The zero-order valence-electron chi connectivity index (χ0n) is 18.1. The maximum atomic E-state index is 6.22. The fourth-order valence-corrected chi connectivity index (χ4v) is 8.59. The van der Waals surface area contributed by atoms with E-state index >= 15 is 0 Å². The van der Waals surface area contributed by atoms with Gasteiger partial charge in [-0.2, -0.15) is 0 Å². The minimum absolute atomic E-state index is 0.202. The number of halogens is 1. The molecule has 4 heteroatoms. The van der Waals surface area contributed by atoms with Gasteiger partial charge in [0.15, 0.2) is 0 Å². The van der Waals surface area contributed by atoms with Crippen LogP contribution in [-0.4, -0.2) is 23.0 Å². The van der Waals surface area contributed by atoms with Gasteiger partial charge in [0, 0.05) is 23.4 Å². The van der Waals surface area contributed by atoms with Crippen LogP contribution in [0.2, 0.25) is 0 Å². The van der Waals surface area contributed by atoms with Gasteiger partial charge in [0.2, 0.25) is 0 Å². The Kier molecular flexibility index (Phi) is 5.92. The SMILES string of the molecule is NC1CCC(NC(=S)C23CC4CC(c5ccccc5)(CC(C2)C4CCCCl)C3)CC1. The first kappa shape index (κ1) is 21.2. The van der Waals surface area contributed by atoms with Crippen LogP contribution >= 0.6 is 23.8 Å². The summed E-state index contributed by atoms with van der Waals surface area (Å²) < 4.78 is 0. The highest BCUT2D eigenvalue weighted by atomic mass is 35.5. The third kappa shape index (κ3) is 3.73. The summed E-state index contributed by atoms with van der Waals surface area (Å²) in [5, 5.41) is 3.88. The summed E-state index contributed by atoms with van der Waals surface area (Å²) in [6, 6.07) is 12.3. The van der Waals surface area contributed by atoms with Crippen molar-refractivity contribution in [2.45, 2.75) is 88.1 Å². The smallest absolute Gasteiger partial charge is 0.0818 e. The average Bonchev–Trinajstić information content (AvgIpc) is 2.75. The Balaban J connectivity index is 1.41.